The number of anilines is 1. The number of methoxy groups -OCH3 is 1. The Morgan fingerprint density at radius 3 is 2.63 bits per heavy atom. The molecule has 0 aromatic heterocycles. The standard InChI is InChI=1S/C22H22FN3O2S2/c1-28-20-7-2-15(12-16(20)14-25-8-10-30-11-9-25)13-19-21(27)26(22(29)24-19)18-5-3-17(23)4-6-18/h2-7,12-13H,8-11,14H2,1H3,(H,24,29)/b19-13+. The number of rotatable bonds is 5. The van der Waals surface area contributed by atoms with Crippen LogP contribution in [0.1, 0.15) is 11.1 Å². The molecule has 30 heavy (non-hydrogen) atoms. The molecular formula is C22H22FN3O2S2. The minimum atomic E-state index is -0.363. The molecule has 0 aliphatic carbocycles. The van der Waals surface area contributed by atoms with Gasteiger partial charge in [0.05, 0.1) is 12.8 Å². The summed E-state index contributed by atoms with van der Waals surface area (Å²) >= 11 is 7.31. The highest BCUT2D eigenvalue weighted by Crippen LogP contribution is 2.26. The number of hydrogen-bond donors (Lipinski definition) is 1. The second-order valence-electron chi connectivity index (χ2n) is 7.06. The number of benzene rings is 2. The van der Waals surface area contributed by atoms with Gasteiger partial charge in [0.15, 0.2) is 5.11 Å². The van der Waals surface area contributed by atoms with Crippen molar-refractivity contribution in [3.63, 3.8) is 0 Å². The van der Waals surface area contributed by atoms with E-state index < -0.39 is 0 Å². The number of thioether (sulfide) groups is 1. The summed E-state index contributed by atoms with van der Waals surface area (Å²) < 4.78 is 18.8. The Labute approximate surface area is 184 Å². The van der Waals surface area contributed by atoms with Gasteiger partial charge < -0.3 is 10.1 Å². The van der Waals surface area contributed by atoms with Crippen LogP contribution < -0.4 is 15.0 Å². The highest BCUT2D eigenvalue weighted by Gasteiger charge is 2.32. The van der Waals surface area contributed by atoms with Gasteiger partial charge >= 0.3 is 0 Å². The van der Waals surface area contributed by atoms with Crippen molar-refractivity contribution in [3.05, 3.63) is 65.1 Å². The van der Waals surface area contributed by atoms with E-state index in [2.05, 4.69) is 10.2 Å². The average molecular weight is 444 g/mol. The lowest BCUT2D eigenvalue weighted by atomic mass is 10.1. The molecule has 0 atom stereocenters. The Morgan fingerprint density at radius 1 is 1.20 bits per heavy atom. The number of carbonyl (C=O) groups is 1. The first-order chi connectivity index (χ1) is 14.5. The van der Waals surface area contributed by atoms with E-state index in [0.29, 0.717) is 11.4 Å². The number of carbonyl (C=O) groups excluding carboxylic acids is 1. The molecule has 2 fully saturated rings. The van der Waals surface area contributed by atoms with Gasteiger partial charge in [0.2, 0.25) is 0 Å². The molecule has 0 spiro atoms. The van der Waals surface area contributed by atoms with E-state index in [-0.39, 0.29) is 16.8 Å². The summed E-state index contributed by atoms with van der Waals surface area (Å²) in [6, 6.07) is 11.6. The third-order valence-corrected chi connectivity index (χ3v) is 6.30. The van der Waals surface area contributed by atoms with Gasteiger partial charge in [-0.2, -0.15) is 11.8 Å². The highest BCUT2D eigenvalue weighted by atomic mass is 32.2. The molecule has 0 radical (unpaired) electrons. The van der Waals surface area contributed by atoms with Gasteiger partial charge in [-0.3, -0.25) is 14.6 Å². The molecule has 1 N–H and O–H groups in total. The predicted octanol–water partition coefficient (Wildman–Crippen LogP) is 3.65. The molecule has 2 aromatic carbocycles. The summed E-state index contributed by atoms with van der Waals surface area (Å²) in [5.41, 5.74) is 2.88. The summed E-state index contributed by atoms with van der Waals surface area (Å²) in [7, 11) is 1.67. The average Bonchev–Trinajstić information content (AvgIpc) is 3.03. The van der Waals surface area contributed by atoms with E-state index in [0.717, 1.165) is 48.0 Å². The van der Waals surface area contributed by atoms with E-state index in [4.69, 9.17) is 17.0 Å². The molecule has 2 aliphatic rings. The molecule has 5 nitrogen and oxygen atoms in total. The van der Waals surface area contributed by atoms with Crippen LogP contribution in [0.3, 0.4) is 0 Å². The zero-order chi connectivity index (χ0) is 21.1. The third kappa shape index (κ3) is 4.50. The SMILES string of the molecule is COc1ccc(/C=C2/NC(=S)N(c3ccc(F)cc3)C2=O)cc1CN1CCSCC1. The smallest absolute Gasteiger partial charge is 0.281 e. The van der Waals surface area contributed by atoms with Crippen LogP contribution >= 0.6 is 24.0 Å². The minimum Gasteiger partial charge on any atom is -0.496 e. The number of halogens is 1. The van der Waals surface area contributed by atoms with Crippen molar-refractivity contribution in [1.82, 2.24) is 10.2 Å². The van der Waals surface area contributed by atoms with Gasteiger partial charge in [-0.25, -0.2) is 4.39 Å². The van der Waals surface area contributed by atoms with Gasteiger partial charge in [-0.1, -0.05) is 6.07 Å². The first kappa shape index (κ1) is 20.8. The maximum Gasteiger partial charge on any atom is 0.281 e. The van der Waals surface area contributed by atoms with Gasteiger partial charge in [-0.05, 0) is 60.3 Å². The van der Waals surface area contributed by atoms with Crippen LogP contribution in [0.2, 0.25) is 0 Å². The van der Waals surface area contributed by atoms with Crippen molar-refractivity contribution in [2.45, 2.75) is 6.54 Å². The van der Waals surface area contributed by atoms with Crippen LogP contribution in [-0.2, 0) is 11.3 Å². The zero-order valence-corrected chi connectivity index (χ0v) is 18.2. The molecule has 156 valence electrons. The number of thiocarbonyl (C=S) groups is 1. The van der Waals surface area contributed by atoms with Crippen molar-refractivity contribution in [3.8, 4) is 5.75 Å². The fraction of sp³-hybridized carbons (Fsp3) is 0.273. The molecule has 2 aromatic rings. The fourth-order valence-electron chi connectivity index (χ4n) is 3.54. The summed E-state index contributed by atoms with van der Waals surface area (Å²) in [4.78, 5) is 16.7. The second-order valence-corrected chi connectivity index (χ2v) is 8.68. The van der Waals surface area contributed by atoms with Crippen LogP contribution in [0.5, 0.6) is 5.75 Å². The number of hydrogen-bond acceptors (Lipinski definition) is 5. The Bertz CT molecular complexity index is 988. The lowest BCUT2D eigenvalue weighted by molar-refractivity contribution is -0.113. The number of ether oxygens (including phenoxy) is 1. The van der Waals surface area contributed by atoms with Crippen molar-refractivity contribution >= 4 is 46.8 Å². The molecule has 4 rings (SSSR count). The monoisotopic (exact) mass is 443 g/mol. The van der Waals surface area contributed by atoms with Crippen LogP contribution in [0.15, 0.2) is 48.2 Å². The molecule has 0 unspecified atom stereocenters. The van der Waals surface area contributed by atoms with Gasteiger partial charge in [0, 0.05) is 36.7 Å². The quantitative estimate of drug-likeness (QED) is 0.562. The first-order valence-corrected chi connectivity index (χ1v) is 11.2. The largest absolute Gasteiger partial charge is 0.496 e. The molecular weight excluding hydrogens is 421 g/mol. The summed E-state index contributed by atoms with van der Waals surface area (Å²) in [5, 5.41) is 3.25. The topological polar surface area (TPSA) is 44.8 Å². The summed E-state index contributed by atoms with van der Waals surface area (Å²) in [6.07, 6.45) is 1.78. The van der Waals surface area contributed by atoms with Gasteiger partial charge in [0.25, 0.3) is 5.91 Å². The Kier molecular flexibility index (Phi) is 6.36. The maximum absolute atomic E-state index is 13.2. The molecule has 2 heterocycles. The van der Waals surface area contributed by atoms with Crippen molar-refractivity contribution < 1.29 is 13.9 Å². The van der Waals surface area contributed by atoms with E-state index in [1.54, 1.807) is 13.2 Å². The molecule has 2 saturated heterocycles. The predicted molar refractivity (Wildman–Crippen MR) is 123 cm³/mol. The van der Waals surface area contributed by atoms with Crippen LogP contribution in [-0.4, -0.2) is 47.6 Å². The molecule has 0 saturated carbocycles. The van der Waals surface area contributed by atoms with E-state index in [9.17, 15) is 9.18 Å². The maximum atomic E-state index is 13.2. The van der Waals surface area contributed by atoms with Crippen molar-refractivity contribution in [2.75, 3.05) is 36.6 Å². The number of nitrogens with one attached hydrogen (secondary N) is 1. The lowest BCUT2D eigenvalue weighted by Gasteiger charge is -2.26. The molecule has 0 bridgehead atoms. The number of nitrogens with zero attached hydrogens (tertiary/aromatic N) is 2. The van der Waals surface area contributed by atoms with E-state index in [1.807, 2.05) is 30.0 Å². The van der Waals surface area contributed by atoms with Gasteiger partial charge in [0.1, 0.15) is 17.3 Å². The first-order valence-electron chi connectivity index (χ1n) is 9.65. The van der Waals surface area contributed by atoms with Crippen LogP contribution in [0, 0.1) is 5.82 Å². The van der Waals surface area contributed by atoms with Crippen LogP contribution in [0.25, 0.3) is 6.08 Å². The highest BCUT2D eigenvalue weighted by molar-refractivity contribution is 7.99. The fourth-order valence-corrected chi connectivity index (χ4v) is 4.82. The Balaban J connectivity index is 1.58. The van der Waals surface area contributed by atoms with E-state index >= 15 is 0 Å². The third-order valence-electron chi connectivity index (χ3n) is 5.08. The summed E-state index contributed by atoms with van der Waals surface area (Å²) in [5.74, 6) is 2.49. The molecule has 8 heteroatoms. The number of amides is 1. The molecule has 2 aliphatic heterocycles. The van der Waals surface area contributed by atoms with Gasteiger partial charge in [-0.15, -0.1) is 0 Å². The van der Waals surface area contributed by atoms with Crippen molar-refractivity contribution in [1.29, 1.82) is 0 Å². The second kappa shape index (κ2) is 9.16. The van der Waals surface area contributed by atoms with Crippen LogP contribution in [0.4, 0.5) is 10.1 Å². The summed E-state index contributed by atoms with van der Waals surface area (Å²) in [6.45, 7) is 2.92. The normalized spacial score (nSPS) is 18.7. The van der Waals surface area contributed by atoms with E-state index in [1.165, 1.54) is 29.2 Å². The zero-order valence-electron chi connectivity index (χ0n) is 16.6. The Hall–Kier alpha value is -2.42. The Morgan fingerprint density at radius 2 is 1.93 bits per heavy atom. The lowest BCUT2D eigenvalue weighted by Crippen LogP contribution is -2.32. The molecule has 1 amide bonds. The minimum absolute atomic E-state index is 0.267. The van der Waals surface area contributed by atoms with Crippen molar-refractivity contribution in [2.24, 2.45) is 0 Å².